The lowest BCUT2D eigenvalue weighted by Crippen LogP contribution is -2.04. The molecule has 88 valence electrons. The third-order valence-corrected chi connectivity index (χ3v) is 3.40. The van der Waals surface area contributed by atoms with Crippen molar-refractivity contribution in [2.45, 2.75) is 24.7 Å². The maximum atomic E-state index is 11.4. The van der Waals surface area contributed by atoms with Gasteiger partial charge in [0.1, 0.15) is 5.78 Å². The lowest BCUT2D eigenvalue weighted by molar-refractivity contribution is -0.116. The molecule has 1 aromatic carbocycles. The number of rotatable bonds is 4. The highest BCUT2D eigenvalue weighted by atomic mass is 32.2. The van der Waals surface area contributed by atoms with Crippen LogP contribution in [0.5, 0.6) is 0 Å². The Labute approximate surface area is 95.4 Å². The molecule has 0 radical (unpaired) electrons. The van der Waals surface area contributed by atoms with Gasteiger partial charge in [0.15, 0.2) is 9.84 Å². The summed E-state index contributed by atoms with van der Waals surface area (Å²) in [5, 5.41) is 0. The maximum absolute atomic E-state index is 11.4. The van der Waals surface area contributed by atoms with Gasteiger partial charge in [0.05, 0.1) is 10.6 Å². The number of nitrogens with two attached hydrogens (primary N) is 1. The molecule has 0 saturated heterocycles. The van der Waals surface area contributed by atoms with Gasteiger partial charge in [0, 0.05) is 12.7 Å². The molecule has 0 heterocycles. The third kappa shape index (κ3) is 3.34. The molecule has 0 fully saturated rings. The minimum absolute atomic E-state index is 0.0812. The lowest BCUT2D eigenvalue weighted by Gasteiger charge is -2.06. The van der Waals surface area contributed by atoms with E-state index in [-0.39, 0.29) is 16.4 Å². The fourth-order valence-electron chi connectivity index (χ4n) is 1.38. The molecule has 1 rings (SSSR count). The van der Waals surface area contributed by atoms with E-state index in [4.69, 9.17) is 5.73 Å². The molecule has 0 bridgehead atoms. The van der Waals surface area contributed by atoms with Crippen LogP contribution in [-0.2, 0) is 21.1 Å². The minimum atomic E-state index is -3.30. The largest absolute Gasteiger partial charge is 0.398 e. The Morgan fingerprint density at radius 1 is 1.38 bits per heavy atom. The molecule has 0 atom stereocenters. The summed E-state index contributed by atoms with van der Waals surface area (Å²) < 4.78 is 22.8. The van der Waals surface area contributed by atoms with Crippen molar-refractivity contribution in [3.63, 3.8) is 0 Å². The fourth-order valence-corrected chi connectivity index (χ4v) is 2.24. The third-order valence-electron chi connectivity index (χ3n) is 2.24. The Balaban J connectivity index is 3.04. The second kappa shape index (κ2) is 4.65. The van der Waals surface area contributed by atoms with Crippen molar-refractivity contribution in [2.24, 2.45) is 0 Å². The topological polar surface area (TPSA) is 77.2 Å². The van der Waals surface area contributed by atoms with Crippen LogP contribution in [-0.4, -0.2) is 20.5 Å². The number of Topliss-reactive ketones (excluding diaryl/α,β-unsaturated/α-hetero) is 1. The number of carbonyl (C=O) groups excluding carboxylic acids is 1. The van der Waals surface area contributed by atoms with Crippen molar-refractivity contribution in [1.29, 1.82) is 0 Å². The van der Waals surface area contributed by atoms with Crippen LogP contribution in [0.25, 0.3) is 0 Å². The molecule has 5 heteroatoms. The van der Waals surface area contributed by atoms with Crippen LogP contribution in [0.15, 0.2) is 23.1 Å². The summed E-state index contributed by atoms with van der Waals surface area (Å²) in [4.78, 5) is 11.0. The highest BCUT2D eigenvalue weighted by molar-refractivity contribution is 7.90. The van der Waals surface area contributed by atoms with Gasteiger partial charge in [-0.1, -0.05) is 6.07 Å². The Bertz CT molecular complexity index is 506. The molecule has 0 aliphatic rings. The van der Waals surface area contributed by atoms with Crippen molar-refractivity contribution in [2.75, 3.05) is 12.0 Å². The summed E-state index contributed by atoms with van der Waals surface area (Å²) in [5.41, 5.74) is 6.64. The van der Waals surface area contributed by atoms with Gasteiger partial charge in [-0.15, -0.1) is 0 Å². The molecule has 1 aromatic rings. The summed E-state index contributed by atoms with van der Waals surface area (Å²) in [7, 11) is -3.30. The van der Waals surface area contributed by atoms with Crippen LogP contribution in [0.3, 0.4) is 0 Å². The number of anilines is 1. The van der Waals surface area contributed by atoms with Crippen molar-refractivity contribution >= 4 is 21.3 Å². The first-order valence-corrected chi connectivity index (χ1v) is 6.78. The molecular formula is C11H15NO3S. The number of benzene rings is 1. The molecule has 2 N–H and O–H groups in total. The number of aryl methyl sites for hydroxylation is 1. The van der Waals surface area contributed by atoms with Crippen molar-refractivity contribution in [1.82, 2.24) is 0 Å². The first-order chi connectivity index (χ1) is 7.30. The van der Waals surface area contributed by atoms with E-state index in [0.29, 0.717) is 12.8 Å². The maximum Gasteiger partial charge on any atom is 0.177 e. The smallest absolute Gasteiger partial charge is 0.177 e. The van der Waals surface area contributed by atoms with Crippen LogP contribution < -0.4 is 5.73 Å². The molecule has 4 nitrogen and oxygen atoms in total. The predicted octanol–water partition coefficient (Wildman–Crippen LogP) is 1.19. The molecular weight excluding hydrogens is 226 g/mol. The molecule has 0 spiro atoms. The molecule has 0 unspecified atom stereocenters. The molecule has 0 amide bonds. The molecule has 0 aliphatic heterocycles. The van der Waals surface area contributed by atoms with E-state index in [1.165, 1.54) is 13.0 Å². The summed E-state index contributed by atoms with van der Waals surface area (Å²) in [5.74, 6) is 0.0812. The zero-order valence-corrected chi connectivity index (χ0v) is 10.2. The molecule has 0 aromatic heterocycles. The van der Waals surface area contributed by atoms with E-state index in [0.717, 1.165) is 11.8 Å². The van der Waals surface area contributed by atoms with Gasteiger partial charge in [0.25, 0.3) is 0 Å². The van der Waals surface area contributed by atoms with Crippen LogP contribution in [0, 0.1) is 0 Å². The Morgan fingerprint density at radius 3 is 2.50 bits per heavy atom. The van der Waals surface area contributed by atoms with Gasteiger partial charge in [-0.05, 0) is 31.0 Å². The minimum Gasteiger partial charge on any atom is -0.398 e. The van der Waals surface area contributed by atoms with Gasteiger partial charge >= 0.3 is 0 Å². The number of carbonyl (C=O) groups is 1. The van der Waals surface area contributed by atoms with E-state index in [1.54, 1.807) is 12.1 Å². The van der Waals surface area contributed by atoms with Crippen molar-refractivity contribution < 1.29 is 13.2 Å². The Morgan fingerprint density at radius 2 is 2.00 bits per heavy atom. The summed E-state index contributed by atoms with van der Waals surface area (Å²) in [6.07, 6.45) is 2.07. The van der Waals surface area contributed by atoms with E-state index >= 15 is 0 Å². The number of nitrogen functional groups attached to an aromatic ring is 1. The molecule has 16 heavy (non-hydrogen) atoms. The van der Waals surface area contributed by atoms with Gasteiger partial charge in [-0.3, -0.25) is 0 Å². The van der Waals surface area contributed by atoms with Gasteiger partial charge in [-0.2, -0.15) is 0 Å². The van der Waals surface area contributed by atoms with Crippen LogP contribution in [0.4, 0.5) is 5.69 Å². The summed E-state index contributed by atoms with van der Waals surface area (Å²) in [6, 6.07) is 4.84. The first kappa shape index (κ1) is 12.7. The Hall–Kier alpha value is -1.36. The van der Waals surface area contributed by atoms with E-state index in [9.17, 15) is 13.2 Å². The predicted molar refractivity (Wildman–Crippen MR) is 63.0 cm³/mol. The van der Waals surface area contributed by atoms with Gasteiger partial charge < -0.3 is 10.5 Å². The Kier molecular flexibility index (Phi) is 3.70. The zero-order valence-electron chi connectivity index (χ0n) is 9.36. The number of hydrogen-bond acceptors (Lipinski definition) is 4. The quantitative estimate of drug-likeness (QED) is 0.803. The summed E-state index contributed by atoms with van der Waals surface area (Å²) >= 11 is 0. The fraction of sp³-hybridized carbons (Fsp3) is 0.364. The second-order valence-corrected chi connectivity index (χ2v) is 5.83. The highest BCUT2D eigenvalue weighted by Crippen LogP contribution is 2.20. The van der Waals surface area contributed by atoms with Crippen LogP contribution in [0.1, 0.15) is 18.9 Å². The standard InChI is InChI=1S/C11H15NO3S/c1-8(13)3-4-9-5-6-10(12)11(7-9)16(2,14)15/h5-7H,3-4,12H2,1-2H3. The van der Waals surface area contributed by atoms with Crippen LogP contribution in [0.2, 0.25) is 0 Å². The number of ketones is 1. The molecule has 0 aliphatic carbocycles. The number of hydrogen-bond donors (Lipinski definition) is 1. The average Bonchev–Trinajstić information content (AvgIpc) is 2.14. The van der Waals surface area contributed by atoms with E-state index < -0.39 is 9.84 Å². The SMILES string of the molecule is CC(=O)CCc1ccc(N)c(S(C)(=O)=O)c1. The van der Waals surface area contributed by atoms with E-state index in [2.05, 4.69) is 0 Å². The monoisotopic (exact) mass is 241 g/mol. The average molecular weight is 241 g/mol. The van der Waals surface area contributed by atoms with E-state index in [1.807, 2.05) is 0 Å². The highest BCUT2D eigenvalue weighted by Gasteiger charge is 2.12. The summed E-state index contributed by atoms with van der Waals surface area (Å²) in [6.45, 7) is 1.51. The zero-order chi connectivity index (χ0) is 12.3. The van der Waals surface area contributed by atoms with Crippen molar-refractivity contribution in [3.8, 4) is 0 Å². The normalized spacial score (nSPS) is 11.4. The lowest BCUT2D eigenvalue weighted by atomic mass is 10.1. The van der Waals surface area contributed by atoms with Crippen LogP contribution >= 0.6 is 0 Å². The number of sulfone groups is 1. The van der Waals surface area contributed by atoms with Gasteiger partial charge in [-0.25, -0.2) is 8.42 Å². The molecule has 0 saturated carbocycles. The van der Waals surface area contributed by atoms with Gasteiger partial charge in [0.2, 0.25) is 0 Å². The first-order valence-electron chi connectivity index (χ1n) is 4.88. The van der Waals surface area contributed by atoms with Crippen molar-refractivity contribution in [3.05, 3.63) is 23.8 Å². The second-order valence-electron chi connectivity index (χ2n) is 3.85.